The molecule has 2 N–H and O–H groups in total. The fourth-order valence-corrected chi connectivity index (χ4v) is 4.59. The summed E-state index contributed by atoms with van der Waals surface area (Å²) in [5, 5.41) is 5.25. The molecule has 116 valence electrons. The summed E-state index contributed by atoms with van der Waals surface area (Å²) in [5.41, 5.74) is 3.00. The average molecular weight is 294 g/mol. The normalized spacial score (nSPS) is 30.2. The first-order valence-corrected chi connectivity index (χ1v) is 8.80. The van der Waals surface area contributed by atoms with Crippen LogP contribution in [0.25, 0.3) is 10.9 Å². The number of fused-ring (bicyclic) bond motifs is 3. The first-order valence-electron chi connectivity index (χ1n) is 8.80. The Balaban J connectivity index is 1.46. The van der Waals surface area contributed by atoms with Crippen molar-refractivity contribution in [1.82, 2.24) is 10.3 Å². The van der Waals surface area contributed by atoms with Crippen LogP contribution in [0, 0.1) is 11.8 Å². The van der Waals surface area contributed by atoms with E-state index in [4.69, 9.17) is 0 Å². The van der Waals surface area contributed by atoms with Gasteiger partial charge in [0.25, 0.3) is 0 Å². The molecule has 0 amide bonds. The van der Waals surface area contributed by atoms with Crippen LogP contribution in [0.15, 0.2) is 42.6 Å². The van der Waals surface area contributed by atoms with Gasteiger partial charge in [-0.25, -0.2) is 0 Å². The number of piperidine rings is 1. The van der Waals surface area contributed by atoms with Crippen molar-refractivity contribution in [1.29, 1.82) is 0 Å². The second kappa shape index (κ2) is 5.58. The lowest BCUT2D eigenvalue weighted by Crippen LogP contribution is -2.58. The summed E-state index contributed by atoms with van der Waals surface area (Å²) in [7, 11) is 0. The van der Waals surface area contributed by atoms with Crippen molar-refractivity contribution in [3.05, 3.63) is 48.2 Å². The Morgan fingerprint density at radius 2 is 2.18 bits per heavy atom. The minimum atomic E-state index is 0.273. The van der Waals surface area contributed by atoms with Crippen molar-refractivity contribution in [2.75, 3.05) is 6.54 Å². The number of hydrogen-bond donors (Lipinski definition) is 2. The minimum absolute atomic E-state index is 0.273. The van der Waals surface area contributed by atoms with E-state index in [1.807, 2.05) is 0 Å². The van der Waals surface area contributed by atoms with Crippen molar-refractivity contribution in [2.45, 2.75) is 44.6 Å². The number of aromatic nitrogens is 1. The summed E-state index contributed by atoms with van der Waals surface area (Å²) < 4.78 is 0. The molecule has 3 heterocycles. The highest BCUT2D eigenvalue weighted by molar-refractivity contribution is 5.82. The number of H-pyrrole nitrogens is 1. The Morgan fingerprint density at radius 3 is 3.00 bits per heavy atom. The Hall–Kier alpha value is -1.54. The number of aryl methyl sites for hydroxylation is 1. The van der Waals surface area contributed by atoms with Crippen molar-refractivity contribution >= 4 is 10.9 Å². The van der Waals surface area contributed by atoms with Gasteiger partial charge in [-0.15, -0.1) is 0 Å². The van der Waals surface area contributed by atoms with Crippen LogP contribution >= 0.6 is 0 Å². The summed E-state index contributed by atoms with van der Waals surface area (Å²) >= 11 is 0. The van der Waals surface area contributed by atoms with Gasteiger partial charge in [-0.05, 0) is 49.1 Å². The Bertz CT molecular complexity index is 684. The topological polar surface area (TPSA) is 27.8 Å². The number of nitrogens with one attached hydrogen (secondary N) is 2. The quantitative estimate of drug-likeness (QED) is 0.784. The average Bonchev–Trinajstić information content (AvgIpc) is 2.99. The molecule has 2 bridgehead atoms. The van der Waals surface area contributed by atoms with Gasteiger partial charge in [0.05, 0.1) is 0 Å². The van der Waals surface area contributed by atoms with Gasteiger partial charge in [0.2, 0.25) is 0 Å². The standard InChI is InChI=1S/C20H26N2/c1-2-17-12-15-9-11-20(17,22-13-15)10-5-6-16-14-21-19-8-4-3-7-18(16)19/h3-4,7-9,11,14-15,17,21-22H,2,5-6,10,12-13H2,1H3. The molecule has 1 aromatic carbocycles. The van der Waals surface area contributed by atoms with Gasteiger partial charge in [0.15, 0.2) is 0 Å². The van der Waals surface area contributed by atoms with E-state index in [0.29, 0.717) is 0 Å². The maximum Gasteiger partial charge on any atom is 0.0456 e. The Morgan fingerprint density at radius 1 is 1.27 bits per heavy atom. The van der Waals surface area contributed by atoms with E-state index < -0.39 is 0 Å². The summed E-state index contributed by atoms with van der Waals surface area (Å²) in [5.74, 6) is 1.60. The molecule has 0 saturated carbocycles. The largest absolute Gasteiger partial charge is 0.361 e. The molecule has 3 unspecified atom stereocenters. The maximum atomic E-state index is 3.86. The third-order valence-corrected chi connectivity index (χ3v) is 5.88. The third kappa shape index (κ3) is 2.30. The lowest BCUT2D eigenvalue weighted by atomic mass is 9.66. The van der Waals surface area contributed by atoms with Crippen LogP contribution in [0.2, 0.25) is 0 Å². The summed E-state index contributed by atoms with van der Waals surface area (Å²) in [4.78, 5) is 3.40. The molecule has 3 aliphatic rings. The molecule has 1 fully saturated rings. The summed E-state index contributed by atoms with van der Waals surface area (Å²) in [6.07, 6.45) is 13.5. The highest BCUT2D eigenvalue weighted by Crippen LogP contribution is 2.41. The van der Waals surface area contributed by atoms with E-state index in [0.717, 1.165) is 11.8 Å². The van der Waals surface area contributed by atoms with E-state index in [1.54, 1.807) is 0 Å². The Kier molecular flexibility index (Phi) is 3.57. The highest BCUT2D eigenvalue weighted by Gasteiger charge is 2.42. The molecule has 2 nitrogen and oxygen atoms in total. The van der Waals surface area contributed by atoms with Crippen LogP contribution in [0.1, 0.15) is 38.2 Å². The smallest absolute Gasteiger partial charge is 0.0456 e. The van der Waals surface area contributed by atoms with Gasteiger partial charge >= 0.3 is 0 Å². The van der Waals surface area contributed by atoms with Crippen LogP contribution in [-0.4, -0.2) is 17.1 Å². The molecule has 1 aromatic heterocycles. The third-order valence-electron chi connectivity index (χ3n) is 5.88. The second-order valence-corrected chi connectivity index (χ2v) is 7.09. The summed E-state index contributed by atoms with van der Waals surface area (Å²) in [6, 6.07) is 8.64. The van der Waals surface area contributed by atoms with Crippen LogP contribution in [-0.2, 0) is 6.42 Å². The van der Waals surface area contributed by atoms with Gasteiger partial charge in [-0.1, -0.05) is 43.7 Å². The van der Waals surface area contributed by atoms with Crippen molar-refractivity contribution < 1.29 is 0 Å². The van der Waals surface area contributed by atoms with Gasteiger partial charge in [0, 0.05) is 29.2 Å². The molecule has 22 heavy (non-hydrogen) atoms. The summed E-state index contributed by atoms with van der Waals surface area (Å²) in [6.45, 7) is 3.53. The predicted molar refractivity (Wildman–Crippen MR) is 93.0 cm³/mol. The molecular formula is C20H26N2. The zero-order valence-electron chi connectivity index (χ0n) is 13.4. The molecule has 1 saturated heterocycles. The zero-order chi connectivity index (χ0) is 15.0. The van der Waals surface area contributed by atoms with Crippen LogP contribution < -0.4 is 5.32 Å². The number of aromatic amines is 1. The Labute approximate surface area is 133 Å². The van der Waals surface area contributed by atoms with Gasteiger partial charge in [-0.3, -0.25) is 0 Å². The molecule has 1 aliphatic carbocycles. The number of hydrogen-bond acceptors (Lipinski definition) is 1. The van der Waals surface area contributed by atoms with E-state index in [9.17, 15) is 0 Å². The number of benzene rings is 1. The SMILES string of the molecule is CCC1CC2C=CC1(CCCc1c[nH]c3ccccc13)NC2. The van der Waals surface area contributed by atoms with Crippen molar-refractivity contribution in [2.24, 2.45) is 11.8 Å². The predicted octanol–water partition coefficient (Wildman–Crippen LogP) is 4.43. The van der Waals surface area contributed by atoms with Gasteiger partial charge in [0.1, 0.15) is 0 Å². The maximum absolute atomic E-state index is 3.86. The molecular weight excluding hydrogens is 268 g/mol. The lowest BCUT2D eigenvalue weighted by Gasteiger charge is -2.49. The van der Waals surface area contributed by atoms with Crippen LogP contribution in [0.3, 0.4) is 0 Å². The molecule has 5 rings (SSSR count). The van der Waals surface area contributed by atoms with E-state index in [1.165, 1.54) is 55.1 Å². The van der Waals surface area contributed by atoms with Crippen LogP contribution in [0.4, 0.5) is 0 Å². The van der Waals surface area contributed by atoms with E-state index in [-0.39, 0.29) is 5.54 Å². The first kappa shape index (κ1) is 14.1. The molecule has 2 aliphatic heterocycles. The fourth-order valence-electron chi connectivity index (χ4n) is 4.59. The molecule has 2 aromatic rings. The van der Waals surface area contributed by atoms with E-state index in [2.05, 4.69) is 59.8 Å². The molecule has 0 spiro atoms. The lowest BCUT2D eigenvalue weighted by molar-refractivity contribution is 0.142. The van der Waals surface area contributed by atoms with Gasteiger partial charge in [-0.2, -0.15) is 0 Å². The first-order chi connectivity index (χ1) is 10.8. The van der Waals surface area contributed by atoms with Gasteiger partial charge < -0.3 is 10.3 Å². The molecule has 0 radical (unpaired) electrons. The van der Waals surface area contributed by atoms with Crippen molar-refractivity contribution in [3.8, 4) is 0 Å². The molecule has 3 atom stereocenters. The molecule has 2 heteroatoms. The number of para-hydroxylation sites is 1. The minimum Gasteiger partial charge on any atom is -0.361 e. The van der Waals surface area contributed by atoms with E-state index >= 15 is 0 Å². The van der Waals surface area contributed by atoms with Crippen LogP contribution in [0.5, 0.6) is 0 Å². The zero-order valence-corrected chi connectivity index (χ0v) is 13.4. The fraction of sp³-hybridized carbons (Fsp3) is 0.500. The number of rotatable bonds is 5. The second-order valence-electron chi connectivity index (χ2n) is 7.09. The monoisotopic (exact) mass is 294 g/mol. The van der Waals surface area contributed by atoms with Crippen molar-refractivity contribution in [3.63, 3.8) is 0 Å². The highest BCUT2D eigenvalue weighted by atomic mass is 15.0.